The zero-order chi connectivity index (χ0) is 16.3. The number of sulfonamides is 1. The Morgan fingerprint density at radius 2 is 1.82 bits per heavy atom. The van der Waals surface area contributed by atoms with Crippen molar-refractivity contribution in [1.29, 1.82) is 0 Å². The number of nitrogen functional groups attached to an aromatic ring is 1. The second-order valence-electron chi connectivity index (χ2n) is 5.75. The van der Waals surface area contributed by atoms with Gasteiger partial charge in [0.1, 0.15) is 0 Å². The minimum absolute atomic E-state index is 0.275. The Balaban J connectivity index is 2.26. The molecule has 1 aliphatic heterocycles. The average molecular weight is 327 g/mol. The van der Waals surface area contributed by atoms with Crippen LogP contribution >= 0.6 is 0 Å². The topological polar surface area (TPSA) is 71.1 Å². The number of piperazine rings is 1. The quantitative estimate of drug-likeness (QED) is 0.724. The van der Waals surface area contributed by atoms with Crippen molar-refractivity contribution < 1.29 is 13.3 Å². The third-order valence-electron chi connectivity index (χ3n) is 4.30. The van der Waals surface area contributed by atoms with E-state index in [1.807, 2.05) is 19.9 Å². The van der Waals surface area contributed by atoms with Gasteiger partial charge in [-0.2, -0.15) is 4.31 Å². The number of rotatable bonds is 5. The molecule has 3 N–H and O–H groups in total. The van der Waals surface area contributed by atoms with E-state index >= 15 is 0 Å². The lowest BCUT2D eigenvalue weighted by atomic mass is 10.2. The second kappa shape index (κ2) is 6.85. The molecule has 2 rings (SSSR count). The number of likely N-dealkylation sites (N-methyl/N-ethyl adjacent to an activating group) is 1. The lowest BCUT2D eigenvalue weighted by Gasteiger charge is -2.32. The molecular weight excluding hydrogens is 300 g/mol. The van der Waals surface area contributed by atoms with Crippen molar-refractivity contribution in [2.75, 3.05) is 56.9 Å². The minimum Gasteiger partial charge on any atom is -0.397 e. The first kappa shape index (κ1) is 17.1. The number of nitrogens with two attached hydrogens (primary N) is 1. The molecule has 0 spiro atoms. The van der Waals surface area contributed by atoms with Gasteiger partial charge in [0.2, 0.25) is 10.0 Å². The molecule has 0 aliphatic carbocycles. The highest BCUT2D eigenvalue weighted by atomic mass is 32.2. The van der Waals surface area contributed by atoms with Crippen LogP contribution in [0.15, 0.2) is 23.1 Å². The van der Waals surface area contributed by atoms with Crippen LogP contribution in [0.1, 0.15) is 13.8 Å². The molecule has 0 saturated carbocycles. The summed E-state index contributed by atoms with van der Waals surface area (Å²) in [4.78, 5) is 4.02. The van der Waals surface area contributed by atoms with E-state index in [1.54, 1.807) is 12.1 Å². The molecule has 1 aliphatic rings. The Morgan fingerprint density at radius 1 is 1.23 bits per heavy atom. The van der Waals surface area contributed by atoms with E-state index in [9.17, 15) is 8.42 Å². The van der Waals surface area contributed by atoms with E-state index in [0.717, 1.165) is 31.9 Å². The Morgan fingerprint density at radius 3 is 2.32 bits per heavy atom. The van der Waals surface area contributed by atoms with Gasteiger partial charge < -0.3 is 15.5 Å². The van der Waals surface area contributed by atoms with Crippen LogP contribution in [0.4, 0.5) is 11.4 Å². The maximum Gasteiger partial charge on any atom is 0.243 e. The van der Waals surface area contributed by atoms with Gasteiger partial charge in [0.05, 0.1) is 49.5 Å². The lowest BCUT2D eigenvalue weighted by Crippen LogP contribution is -3.12. The second-order valence-corrected chi connectivity index (χ2v) is 7.69. The first-order chi connectivity index (χ1) is 10.4. The van der Waals surface area contributed by atoms with Crippen LogP contribution in [0.5, 0.6) is 0 Å². The van der Waals surface area contributed by atoms with Gasteiger partial charge in [-0.05, 0) is 18.2 Å². The summed E-state index contributed by atoms with van der Waals surface area (Å²) in [7, 11) is -1.27. The van der Waals surface area contributed by atoms with Crippen molar-refractivity contribution in [1.82, 2.24) is 4.31 Å². The molecule has 0 aromatic heterocycles. The van der Waals surface area contributed by atoms with Gasteiger partial charge in [-0.3, -0.25) is 0 Å². The van der Waals surface area contributed by atoms with Gasteiger partial charge in [-0.25, -0.2) is 8.42 Å². The predicted molar refractivity (Wildman–Crippen MR) is 89.8 cm³/mol. The fourth-order valence-corrected chi connectivity index (χ4v) is 4.32. The van der Waals surface area contributed by atoms with E-state index in [4.69, 9.17) is 5.73 Å². The fraction of sp³-hybridized carbons (Fsp3) is 0.600. The number of hydrogen-bond acceptors (Lipinski definition) is 4. The molecule has 0 bridgehead atoms. The molecule has 0 radical (unpaired) electrons. The minimum atomic E-state index is -3.45. The highest BCUT2D eigenvalue weighted by molar-refractivity contribution is 7.89. The van der Waals surface area contributed by atoms with Gasteiger partial charge in [0.15, 0.2) is 0 Å². The molecule has 7 heteroatoms. The van der Waals surface area contributed by atoms with E-state index in [1.165, 1.54) is 9.21 Å². The van der Waals surface area contributed by atoms with Crippen molar-refractivity contribution in [3.8, 4) is 0 Å². The predicted octanol–water partition coefficient (Wildman–Crippen LogP) is -0.366. The molecule has 0 unspecified atom stereocenters. The summed E-state index contributed by atoms with van der Waals surface area (Å²) in [6.45, 7) is 8.62. The first-order valence-corrected chi connectivity index (χ1v) is 9.30. The summed E-state index contributed by atoms with van der Waals surface area (Å²) < 4.78 is 26.5. The third-order valence-corrected chi connectivity index (χ3v) is 6.35. The summed E-state index contributed by atoms with van der Waals surface area (Å²) in [5.74, 6) is 0. The van der Waals surface area contributed by atoms with Crippen LogP contribution in [0, 0.1) is 0 Å². The third kappa shape index (κ3) is 3.37. The van der Waals surface area contributed by atoms with Crippen LogP contribution in [0.25, 0.3) is 0 Å². The van der Waals surface area contributed by atoms with Gasteiger partial charge >= 0.3 is 0 Å². The maximum absolute atomic E-state index is 12.5. The van der Waals surface area contributed by atoms with E-state index in [0.29, 0.717) is 18.8 Å². The highest BCUT2D eigenvalue weighted by Gasteiger charge is 2.24. The van der Waals surface area contributed by atoms with E-state index < -0.39 is 10.0 Å². The van der Waals surface area contributed by atoms with Crippen molar-refractivity contribution in [2.45, 2.75) is 18.7 Å². The first-order valence-electron chi connectivity index (χ1n) is 7.86. The van der Waals surface area contributed by atoms with Crippen LogP contribution in [-0.4, -0.2) is 59.0 Å². The molecule has 0 amide bonds. The molecule has 1 aromatic rings. The van der Waals surface area contributed by atoms with Crippen LogP contribution in [-0.2, 0) is 10.0 Å². The number of anilines is 2. The molecule has 1 fully saturated rings. The van der Waals surface area contributed by atoms with E-state index in [-0.39, 0.29) is 4.90 Å². The van der Waals surface area contributed by atoms with E-state index in [2.05, 4.69) is 11.9 Å². The summed E-state index contributed by atoms with van der Waals surface area (Å²) in [5.41, 5.74) is 7.61. The standard InChI is InChI=1S/C15H26N4O2S/c1-4-19(5-2)22(20,21)13-6-7-15(14(16)12-13)18-10-8-17(3)9-11-18/h6-7,12H,4-5,8-11,16H2,1-3H3/p+1. The fourth-order valence-electron chi connectivity index (χ4n) is 2.82. The molecule has 124 valence electrons. The molecule has 1 heterocycles. The Hall–Kier alpha value is -1.31. The largest absolute Gasteiger partial charge is 0.397 e. The van der Waals surface area contributed by atoms with Gasteiger partial charge in [-0.1, -0.05) is 13.8 Å². The molecule has 1 saturated heterocycles. The smallest absolute Gasteiger partial charge is 0.243 e. The van der Waals surface area contributed by atoms with Gasteiger partial charge in [-0.15, -0.1) is 0 Å². The number of nitrogens with zero attached hydrogens (tertiary/aromatic N) is 2. The Bertz CT molecular complexity index is 606. The molecule has 0 atom stereocenters. The molecular formula is C15H27N4O2S+. The lowest BCUT2D eigenvalue weighted by molar-refractivity contribution is -0.880. The SMILES string of the molecule is CCN(CC)S(=O)(=O)c1ccc(N2CC[NH+](C)CC2)c(N)c1. The summed E-state index contributed by atoms with van der Waals surface area (Å²) >= 11 is 0. The molecule has 1 aromatic carbocycles. The number of quaternary nitrogens is 1. The number of benzene rings is 1. The Kier molecular flexibility index (Phi) is 5.31. The molecule has 22 heavy (non-hydrogen) atoms. The van der Waals surface area contributed by atoms with Crippen molar-refractivity contribution in [3.05, 3.63) is 18.2 Å². The van der Waals surface area contributed by atoms with Crippen LogP contribution in [0.3, 0.4) is 0 Å². The van der Waals surface area contributed by atoms with Crippen LogP contribution in [0.2, 0.25) is 0 Å². The summed E-state index contributed by atoms with van der Waals surface area (Å²) in [5, 5.41) is 0. The Labute approximate surface area is 133 Å². The number of nitrogens with one attached hydrogen (secondary N) is 1. The zero-order valence-electron chi connectivity index (χ0n) is 13.7. The van der Waals surface area contributed by atoms with Crippen molar-refractivity contribution >= 4 is 21.4 Å². The van der Waals surface area contributed by atoms with Crippen molar-refractivity contribution in [3.63, 3.8) is 0 Å². The zero-order valence-corrected chi connectivity index (χ0v) is 14.5. The van der Waals surface area contributed by atoms with Gasteiger partial charge in [0, 0.05) is 13.1 Å². The van der Waals surface area contributed by atoms with Gasteiger partial charge in [0.25, 0.3) is 0 Å². The molecule has 6 nitrogen and oxygen atoms in total. The average Bonchev–Trinajstić information content (AvgIpc) is 2.49. The number of hydrogen-bond donors (Lipinski definition) is 2. The maximum atomic E-state index is 12.5. The summed E-state index contributed by atoms with van der Waals surface area (Å²) in [6, 6.07) is 5.10. The van der Waals surface area contributed by atoms with Crippen molar-refractivity contribution in [2.24, 2.45) is 0 Å². The summed E-state index contributed by atoms with van der Waals surface area (Å²) in [6.07, 6.45) is 0. The highest BCUT2D eigenvalue weighted by Crippen LogP contribution is 2.27. The monoisotopic (exact) mass is 327 g/mol. The van der Waals surface area contributed by atoms with Crippen LogP contribution < -0.4 is 15.5 Å². The normalized spacial score (nSPS) is 17.2.